The molecule has 0 aliphatic carbocycles. The SMILES string of the molecule is Cc1nc(NCC(C)C)cc(C(=O)N2CCN(c3ccc(F)cc3)CC2)n1. The summed E-state index contributed by atoms with van der Waals surface area (Å²) in [4.78, 5) is 25.5. The van der Waals surface area contributed by atoms with Crippen LogP contribution in [0.3, 0.4) is 0 Å². The number of carbonyl (C=O) groups is 1. The standard InChI is InChI=1S/C20H26FN5O/c1-14(2)13-22-19-12-18(23-15(3)24-19)20(27)26-10-8-25(9-11-26)17-6-4-16(21)5-7-17/h4-7,12,14H,8-11,13H2,1-3H3,(H,22,23,24). The van der Waals surface area contributed by atoms with Crippen molar-refractivity contribution in [2.75, 3.05) is 42.9 Å². The maximum Gasteiger partial charge on any atom is 0.272 e. The number of aryl methyl sites for hydroxylation is 1. The summed E-state index contributed by atoms with van der Waals surface area (Å²) in [5, 5.41) is 3.26. The van der Waals surface area contributed by atoms with Gasteiger partial charge in [0, 0.05) is 44.5 Å². The smallest absolute Gasteiger partial charge is 0.272 e. The van der Waals surface area contributed by atoms with Gasteiger partial charge in [-0.1, -0.05) is 13.8 Å². The molecule has 0 unspecified atom stereocenters. The number of carbonyl (C=O) groups excluding carboxylic acids is 1. The first-order chi connectivity index (χ1) is 12.9. The van der Waals surface area contributed by atoms with Gasteiger partial charge in [-0.05, 0) is 37.1 Å². The lowest BCUT2D eigenvalue weighted by molar-refractivity contribution is 0.0740. The van der Waals surface area contributed by atoms with Gasteiger partial charge in [-0.25, -0.2) is 14.4 Å². The third-order valence-electron chi connectivity index (χ3n) is 4.51. The quantitative estimate of drug-likeness (QED) is 0.876. The Balaban J connectivity index is 1.64. The predicted molar refractivity (Wildman–Crippen MR) is 105 cm³/mol. The number of nitrogens with zero attached hydrogens (tertiary/aromatic N) is 4. The molecule has 6 nitrogen and oxygen atoms in total. The topological polar surface area (TPSA) is 61.4 Å². The zero-order valence-electron chi connectivity index (χ0n) is 16.1. The molecule has 0 atom stereocenters. The second kappa shape index (κ2) is 8.33. The lowest BCUT2D eigenvalue weighted by atomic mass is 10.2. The summed E-state index contributed by atoms with van der Waals surface area (Å²) in [5.41, 5.74) is 1.39. The Bertz CT molecular complexity index is 785. The Labute approximate surface area is 159 Å². The molecule has 144 valence electrons. The fourth-order valence-corrected chi connectivity index (χ4v) is 3.06. The van der Waals surface area contributed by atoms with Gasteiger partial charge in [-0.15, -0.1) is 0 Å². The summed E-state index contributed by atoms with van der Waals surface area (Å²) < 4.78 is 13.1. The van der Waals surface area contributed by atoms with Crippen molar-refractivity contribution in [1.29, 1.82) is 0 Å². The molecular formula is C20H26FN5O. The van der Waals surface area contributed by atoms with E-state index >= 15 is 0 Å². The minimum absolute atomic E-state index is 0.0770. The van der Waals surface area contributed by atoms with Gasteiger partial charge in [-0.3, -0.25) is 4.79 Å². The van der Waals surface area contributed by atoms with Crippen LogP contribution >= 0.6 is 0 Å². The number of halogens is 1. The molecular weight excluding hydrogens is 345 g/mol. The monoisotopic (exact) mass is 371 g/mol. The summed E-state index contributed by atoms with van der Waals surface area (Å²) >= 11 is 0. The molecule has 2 aromatic rings. The summed E-state index contributed by atoms with van der Waals surface area (Å²) in [6.07, 6.45) is 0. The van der Waals surface area contributed by atoms with Gasteiger partial charge in [0.2, 0.25) is 0 Å². The van der Waals surface area contributed by atoms with Gasteiger partial charge < -0.3 is 15.1 Å². The summed E-state index contributed by atoms with van der Waals surface area (Å²) in [6, 6.07) is 8.19. The largest absolute Gasteiger partial charge is 0.370 e. The van der Waals surface area contributed by atoms with E-state index in [0.29, 0.717) is 49.4 Å². The number of nitrogens with one attached hydrogen (secondary N) is 1. The van der Waals surface area contributed by atoms with E-state index in [4.69, 9.17) is 0 Å². The Morgan fingerprint density at radius 1 is 1.15 bits per heavy atom. The van der Waals surface area contributed by atoms with E-state index in [1.807, 2.05) is 4.90 Å². The Hall–Kier alpha value is -2.70. The van der Waals surface area contributed by atoms with Crippen LogP contribution < -0.4 is 10.2 Å². The number of rotatable bonds is 5. The molecule has 1 aromatic carbocycles. The van der Waals surface area contributed by atoms with Crippen molar-refractivity contribution in [2.24, 2.45) is 5.92 Å². The van der Waals surface area contributed by atoms with Crippen LogP contribution in [0.2, 0.25) is 0 Å². The Morgan fingerprint density at radius 3 is 2.44 bits per heavy atom. The number of hydrogen-bond acceptors (Lipinski definition) is 5. The van der Waals surface area contributed by atoms with E-state index in [9.17, 15) is 9.18 Å². The van der Waals surface area contributed by atoms with E-state index in [0.717, 1.165) is 12.2 Å². The van der Waals surface area contributed by atoms with Gasteiger partial charge in [0.1, 0.15) is 23.2 Å². The maximum absolute atomic E-state index is 13.1. The number of aromatic nitrogens is 2. The van der Waals surface area contributed by atoms with Crippen LogP contribution in [0.4, 0.5) is 15.9 Å². The normalized spacial score (nSPS) is 14.6. The third kappa shape index (κ3) is 4.93. The fourth-order valence-electron chi connectivity index (χ4n) is 3.06. The predicted octanol–water partition coefficient (Wildman–Crippen LogP) is 2.95. The minimum Gasteiger partial charge on any atom is -0.370 e. The molecule has 1 amide bonds. The number of benzene rings is 1. The Kier molecular flexibility index (Phi) is 5.88. The fraction of sp³-hybridized carbons (Fsp3) is 0.450. The lowest BCUT2D eigenvalue weighted by Crippen LogP contribution is -2.49. The van der Waals surface area contributed by atoms with Crippen LogP contribution in [-0.2, 0) is 0 Å². The van der Waals surface area contributed by atoms with Crippen LogP contribution in [0.15, 0.2) is 30.3 Å². The van der Waals surface area contributed by atoms with E-state index in [2.05, 4.69) is 34.0 Å². The molecule has 1 aliphatic heterocycles. The average molecular weight is 371 g/mol. The van der Waals surface area contributed by atoms with Gasteiger partial charge >= 0.3 is 0 Å². The van der Waals surface area contributed by atoms with Gasteiger partial charge in [0.15, 0.2) is 0 Å². The molecule has 2 heterocycles. The summed E-state index contributed by atoms with van der Waals surface area (Å²) in [6.45, 7) is 9.45. The maximum atomic E-state index is 13.1. The first kappa shape index (κ1) is 19.1. The number of piperazine rings is 1. The van der Waals surface area contributed by atoms with Crippen molar-refractivity contribution in [1.82, 2.24) is 14.9 Å². The van der Waals surface area contributed by atoms with Crippen molar-refractivity contribution >= 4 is 17.4 Å². The summed E-state index contributed by atoms with van der Waals surface area (Å²) in [7, 11) is 0. The van der Waals surface area contributed by atoms with Crippen LogP contribution in [0.25, 0.3) is 0 Å². The second-order valence-electron chi connectivity index (χ2n) is 7.22. The van der Waals surface area contributed by atoms with Gasteiger partial charge in [0.05, 0.1) is 0 Å². The van der Waals surface area contributed by atoms with E-state index in [1.165, 1.54) is 12.1 Å². The number of anilines is 2. The number of hydrogen-bond donors (Lipinski definition) is 1. The highest BCUT2D eigenvalue weighted by Gasteiger charge is 2.24. The number of amides is 1. The molecule has 1 fully saturated rings. The lowest BCUT2D eigenvalue weighted by Gasteiger charge is -2.36. The zero-order chi connectivity index (χ0) is 19.4. The van der Waals surface area contributed by atoms with Gasteiger partial charge in [0.25, 0.3) is 5.91 Å². The Morgan fingerprint density at radius 2 is 1.81 bits per heavy atom. The highest BCUT2D eigenvalue weighted by molar-refractivity contribution is 5.93. The third-order valence-corrected chi connectivity index (χ3v) is 4.51. The molecule has 1 N–H and O–H groups in total. The van der Waals surface area contributed by atoms with Crippen LogP contribution in [0.1, 0.15) is 30.2 Å². The van der Waals surface area contributed by atoms with E-state index in [1.54, 1.807) is 25.1 Å². The summed E-state index contributed by atoms with van der Waals surface area (Å²) in [5.74, 6) is 1.43. The van der Waals surface area contributed by atoms with Crippen LogP contribution in [0.5, 0.6) is 0 Å². The van der Waals surface area contributed by atoms with Crippen molar-refractivity contribution in [2.45, 2.75) is 20.8 Å². The van der Waals surface area contributed by atoms with Crippen molar-refractivity contribution in [3.8, 4) is 0 Å². The zero-order valence-corrected chi connectivity index (χ0v) is 16.1. The van der Waals surface area contributed by atoms with Gasteiger partial charge in [-0.2, -0.15) is 0 Å². The van der Waals surface area contributed by atoms with Crippen LogP contribution in [-0.4, -0.2) is 53.5 Å². The first-order valence-electron chi connectivity index (χ1n) is 9.31. The first-order valence-corrected chi connectivity index (χ1v) is 9.31. The van der Waals surface area contributed by atoms with Crippen molar-refractivity contribution < 1.29 is 9.18 Å². The molecule has 3 rings (SSSR count). The van der Waals surface area contributed by atoms with Crippen molar-refractivity contribution in [3.63, 3.8) is 0 Å². The molecule has 0 radical (unpaired) electrons. The van der Waals surface area contributed by atoms with E-state index < -0.39 is 0 Å². The highest BCUT2D eigenvalue weighted by atomic mass is 19.1. The average Bonchev–Trinajstić information content (AvgIpc) is 2.66. The molecule has 0 saturated carbocycles. The second-order valence-corrected chi connectivity index (χ2v) is 7.22. The van der Waals surface area contributed by atoms with E-state index in [-0.39, 0.29) is 11.7 Å². The molecule has 1 aliphatic rings. The molecule has 1 aromatic heterocycles. The van der Waals surface area contributed by atoms with Crippen LogP contribution in [0, 0.1) is 18.7 Å². The molecule has 0 bridgehead atoms. The highest BCUT2D eigenvalue weighted by Crippen LogP contribution is 2.18. The molecule has 1 saturated heterocycles. The molecule has 7 heteroatoms. The van der Waals surface area contributed by atoms with Crippen molar-refractivity contribution in [3.05, 3.63) is 47.7 Å². The minimum atomic E-state index is -0.242. The molecule has 0 spiro atoms. The molecule has 27 heavy (non-hydrogen) atoms.